The van der Waals surface area contributed by atoms with Crippen LogP contribution in [0.15, 0.2) is 91.0 Å². The van der Waals surface area contributed by atoms with Gasteiger partial charge in [0.15, 0.2) is 10.8 Å². The number of esters is 1. The maximum Gasteiger partial charge on any atom is 0.358 e. The van der Waals surface area contributed by atoms with Gasteiger partial charge in [-0.25, -0.2) is 19.7 Å². The van der Waals surface area contributed by atoms with Crippen molar-refractivity contribution in [1.29, 1.82) is 0 Å². The molecule has 7 aromatic rings. The summed E-state index contributed by atoms with van der Waals surface area (Å²) in [6.07, 6.45) is 9.72. The lowest BCUT2D eigenvalue weighted by Gasteiger charge is -2.34. The van der Waals surface area contributed by atoms with E-state index in [0.29, 0.717) is 53.9 Å². The molecule has 4 aromatic carbocycles. The van der Waals surface area contributed by atoms with Gasteiger partial charge in [0.1, 0.15) is 17.2 Å². The van der Waals surface area contributed by atoms with E-state index in [0.717, 1.165) is 126 Å². The summed E-state index contributed by atoms with van der Waals surface area (Å²) in [6, 6.07) is 29.7. The molecule has 0 bridgehead atoms. The summed E-state index contributed by atoms with van der Waals surface area (Å²) in [5.74, 6) is 1.60. The highest BCUT2D eigenvalue weighted by Crippen LogP contribution is 2.38. The molecule has 1 aliphatic carbocycles. The number of nitrogens with zero attached hydrogens (tertiary/aromatic N) is 6. The molecule has 2 saturated heterocycles. The number of para-hydroxylation sites is 1. The highest BCUT2D eigenvalue weighted by Gasteiger charge is 2.31. The highest BCUT2D eigenvalue weighted by atomic mass is 32.1. The lowest BCUT2D eigenvalue weighted by Crippen LogP contribution is -2.47. The van der Waals surface area contributed by atoms with Crippen LogP contribution in [0.25, 0.3) is 32.4 Å². The number of hydrogen-bond acceptors (Lipinski definition) is 13. The first-order valence-corrected chi connectivity index (χ1v) is 27.9. The van der Waals surface area contributed by atoms with Crippen LogP contribution in [0.1, 0.15) is 128 Å². The zero-order valence-electron chi connectivity index (χ0n) is 44.0. The number of aromatic nitrogens is 4. The standard InChI is InChI=1S/C60H67N9O6S/c1-37-42(44-23-26-52(64-54(44)57(73)75-60(2,3)4)69-30-28-39-12-9-14-45(46(39)36-69)56(72)66-59-63-48-15-5-6-17-51(48)76-59)13-10-16-50(37)74-41-21-18-38(19-22-41)11-7-8-29-67-31-33-68(34-32-67)58-61-47-25-20-40(35-49(47)62-58)43-24-27-53(70)65-55(43)71/h5-6,9-10,12-17,20,23,25-26,35,38,41,43H,7-8,11,18-19,21-22,24,27-34,36H2,1-4H3,(H,61,62)(H,63,66,72)(H,65,70,71). The lowest BCUT2D eigenvalue weighted by atomic mass is 9.84. The molecule has 11 rings (SSSR count). The molecule has 3 aliphatic heterocycles. The Morgan fingerprint density at radius 3 is 2.41 bits per heavy atom. The Labute approximate surface area is 447 Å². The fourth-order valence-corrected chi connectivity index (χ4v) is 12.4. The van der Waals surface area contributed by atoms with E-state index in [2.05, 4.69) is 48.3 Å². The molecule has 3 aromatic heterocycles. The van der Waals surface area contributed by atoms with Gasteiger partial charge in [-0.1, -0.05) is 66.6 Å². The highest BCUT2D eigenvalue weighted by molar-refractivity contribution is 7.22. The van der Waals surface area contributed by atoms with Gasteiger partial charge in [-0.15, -0.1) is 0 Å². The maximum absolute atomic E-state index is 14.1. The number of thiazole rings is 1. The number of aromatic amines is 1. The first kappa shape index (κ1) is 51.0. The maximum atomic E-state index is 14.1. The number of nitrogens with one attached hydrogen (secondary N) is 3. The summed E-state index contributed by atoms with van der Waals surface area (Å²) in [6.45, 7) is 13.7. The number of imide groups is 1. The lowest BCUT2D eigenvalue weighted by molar-refractivity contribution is -0.134. The van der Waals surface area contributed by atoms with Crippen LogP contribution in [0.4, 0.5) is 16.9 Å². The molecule has 1 unspecified atom stereocenters. The average molecular weight is 1040 g/mol. The smallest absolute Gasteiger partial charge is 0.358 e. The Hall–Kier alpha value is -7.17. The van der Waals surface area contributed by atoms with Crippen molar-refractivity contribution in [2.45, 2.75) is 116 Å². The van der Waals surface area contributed by atoms with Crippen molar-refractivity contribution in [3.63, 3.8) is 0 Å². The Kier molecular flexibility index (Phi) is 14.6. The zero-order chi connectivity index (χ0) is 52.5. The Balaban J connectivity index is 0.675. The summed E-state index contributed by atoms with van der Waals surface area (Å²) in [5, 5.41) is 6.07. The van der Waals surface area contributed by atoms with Gasteiger partial charge in [0, 0.05) is 56.8 Å². The third-order valence-corrected chi connectivity index (χ3v) is 16.6. The first-order chi connectivity index (χ1) is 36.8. The first-order valence-electron chi connectivity index (χ1n) is 27.1. The summed E-state index contributed by atoms with van der Waals surface area (Å²) >= 11 is 1.45. The monoisotopic (exact) mass is 1040 g/mol. The molecule has 3 fully saturated rings. The number of imidazole rings is 1. The molecule has 3 amide bonds. The van der Waals surface area contributed by atoms with Crippen LogP contribution in [-0.2, 0) is 27.3 Å². The summed E-state index contributed by atoms with van der Waals surface area (Å²) in [4.78, 5) is 77.1. The van der Waals surface area contributed by atoms with Crippen LogP contribution in [0.3, 0.4) is 0 Å². The van der Waals surface area contributed by atoms with E-state index in [9.17, 15) is 19.2 Å². The number of amides is 3. The molecule has 0 spiro atoms. The second-order valence-electron chi connectivity index (χ2n) is 22.0. The molecule has 16 heteroatoms. The number of piperidine rings is 1. The van der Waals surface area contributed by atoms with Crippen LogP contribution < -0.4 is 25.2 Å². The number of anilines is 3. The van der Waals surface area contributed by atoms with Gasteiger partial charge < -0.3 is 24.3 Å². The largest absolute Gasteiger partial charge is 0.490 e. The number of ether oxygens (including phenoxy) is 2. The van der Waals surface area contributed by atoms with Crippen molar-refractivity contribution in [2.75, 3.05) is 54.4 Å². The predicted molar refractivity (Wildman–Crippen MR) is 298 cm³/mol. The van der Waals surface area contributed by atoms with Gasteiger partial charge in [0.2, 0.25) is 17.8 Å². The fourth-order valence-electron chi connectivity index (χ4n) is 11.5. The van der Waals surface area contributed by atoms with Gasteiger partial charge >= 0.3 is 5.97 Å². The molecule has 6 heterocycles. The molecule has 1 atom stereocenters. The minimum absolute atomic E-state index is 0.127. The second kappa shape index (κ2) is 21.8. The SMILES string of the molecule is Cc1c(OC2CCC(CCCCN3CCN(c4nc5ccc(C6CCC(=O)NC6=O)cc5[nH]4)CC3)CC2)cccc1-c1ccc(N2CCc3cccc(C(=O)Nc4nc5ccccc5s4)c3C2)nc1C(=O)OC(C)(C)C. The van der Waals surface area contributed by atoms with Gasteiger partial charge in [-0.2, -0.15) is 0 Å². The second-order valence-corrected chi connectivity index (χ2v) is 23.0. The van der Waals surface area contributed by atoms with Crippen molar-refractivity contribution in [1.82, 2.24) is 30.2 Å². The van der Waals surface area contributed by atoms with Crippen LogP contribution in [0.2, 0.25) is 0 Å². The number of carbonyl (C=O) groups excluding carboxylic acids is 4. The minimum atomic E-state index is -0.730. The number of fused-ring (bicyclic) bond motifs is 3. The van der Waals surface area contributed by atoms with Gasteiger partial charge in [0.25, 0.3) is 5.91 Å². The Morgan fingerprint density at radius 2 is 1.61 bits per heavy atom. The summed E-state index contributed by atoms with van der Waals surface area (Å²) < 4.78 is 13.8. The third-order valence-electron chi connectivity index (χ3n) is 15.6. The number of benzene rings is 4. The van der Waals surface area contributed by atoms with Gasteiger partial charge in [-0.05, 0) is 161 Å². The predicted octanol–water partition coefficient (Wildman–Crippen LogP) is 10.8. The summed E-state index contributed by atoms with van der Waals surface area (Å²) in [7, 11) is 0. The van der Waals surface area contributed by atoms with E-state index in [1.807, 2.05) is 106 Å². The van der Waals surface area contributed by atoms with E-state index in [-0.39, 0.29) is 35.4 Å². The van der Waals surface area contributed by atoms with Crippen molar-refractivity contribution >= 4 is 73.2 Å². The number of piperazine rings is 1. The number of H-pyrrole nitrogens is 1. The van der Waals surface area contributed by atoms with Crippen molar-refractivity contribution in [2.24, 2.45) is 5.92 Å². The molecule has 0 radical (unpaired) electrons. The molecular weight excluding hydrogens is 975 g/mol. The van der Waals surface area contributed by atoms with Gasteiger partial charge in [0.05, 0.1) is 33.3 Å². The summed E-state index contributed by atoms with van der Waals surface area (Å²) in [5.41, 5.74) is 8.24. The van der Waals surface area contributed by atoms with Gasteiger partial charge in [-0.3, -0.25) is 29.9 Å². The quantitative estimate of drug-likeness (QED) is 0.0535. The van der Waals surface area contributed by atoms with Crippen molar-refractivity contribution in [3.8, 4) is 16.9 Å². The topological polar surface area (TPSA) is 175 Å². The van der Waals surface area contributed by atoms with Crippen LogP contribution in [0.5, 0.6) is 5.75 Å². The number of unbranched alkanes of at least 4 members (excludes halogenated alkanes) is 1. The van der Waals surface area contributed by atoms with E-state index in [1.54, 1.807) is 0 Å². The van der Waals surface area contributed by atoms with E-state index in [4.69, 9.17) is 19.4 Å². The molecule has 3 N–H and O–H groups in total. The number of rotatable bonds is 14. The fraction of sp³-hybridized carbons (Fsp3) is 0.417. The number of hydrogen-bond donors (Lipinski definition) is 3. The average Bonchev–Trinajstić information content (AvgIpc) is 4.05. The van der Waals surface area contributed by atoms with E-state index in [1.165, 1.54) is 30.6 Å². The van der Waals surface area contributed by atoms with Crippen molar-refractivity contribution in [3.05, 3.63) is 125 Å². The van der Waals surface area contributed by atoms with Crippen LogP contribution in [0, 0.1) is 12.8 Å². The van der Waals surface area contributed by atoms with E-state index >= 15 is 0 Å². The molecular formula is C60H67N9O6S. The van der Waals surface area contributed by atoms with Crippen LogP contribution in [-0.4, -0.2) is 99.5 Å². The minimum Gasteiger partial charge on any atom is -0.490 e. The molecule has 4 aliphatic rings. The zero-order valence-corrected chi connectivity index (χ0v) is 44.8. The Bertz CT molecular complexity index is 3280. The molecule has 15 nitrogen and oxygen atoms in total. The normalized spacial score (nSPS) is 19.4. The number of pyridine rings is 1. The van der Waals surface area contributed by atoms with Crippen LogP contribution >= 0.6 is 11.3 Å². The number of carbonyl (C=O) groups is 4. The molecule has 76 heavy (non-hydrogen) atoms. The van der Waals surface area contributed by atoms with Crippen molar-refractivity contribution < 1.29 is 28.7 Å². The third kappa shape index (κ3) is 11.3. The van der Waals surface area contributed by atoms with E-state index < -0.39 is 11.6 Å². The molecule has 1 saturated carbocycles. The Morgan fingerprint density at radius 1 is 0.789 bits per heavy atom. The molecule has 394 valence electrons.